The third kappa shape index (κ3) is 1.99. The van der Waals surface area contributed by atoms with Crippen LogP contribution in [0.1, 0.15) is 23.7 Å². The van der Waals surface area contributed by atoms with E-state index in [-0.39, 0.29) is 20.3 Å². The summed E-state index contributed by atoms with van der Waals surface area (Å²) in [4.78, 5) is 0. The van der Waals surface area contributed by atoms with E-state index in [1.807, 2.05) is 0 Å². The summed E-state index contributed by atoms with van der Waals surface area (Å²) in [6.07, 6.45) is 4.57. The molecule has 1 atom stereocenters. The van der Waals surface area contributed by atoms with Crippen molar-refractivity contribution in [1.29, 1.82) is 0 Å². The zero-order valence-corrected chi connectivity index (χ0v) is 9.46. The SMILES string of the molecule is C[Si]C1C=Cc2ccc(C)cc21.[H-].[Li+]. The second kappa shape index (κ2) is 4.33. The summed E-state index contributed by atoms with van der Waals surface area (Å²) in [6.45, 7) is 4.43. The van der Waals surface area contributed by atoms with Crippen LogP contribution >= 0.6 is 0 Å². The summed E-state index contributed by atoms with van der Waals surface area (Å²) < 4.78 is 0. The summed E-state index contributed by atoms with van der Waals surface area (Å²) >= 11 is 0. The van der Waals surface area contributed by atoms with Crippen LogP contribution in [0, 0.1) is 6.92 Å². The molecule has 2 heteroatoms. The zero-order chi connectivity index (χ0) is 8.55. The van der Waals surface area contributed by atoms with Crippen LogP contribution in [0.5, 0.6) is 0 Å². The predicted octanol–water partition coefficient (Wildman–Crippen LogP) is -0.0683. The van der Waals surface area contributed by atoms with Gasteiger partial charge >= 0.3 is 18.9 Å². The van der Waals surface area contributed by atoms with Gasteiger partial charge in [0.1, 0.15) is 0 Å². The fraction of sp³-hybridized carbons (Fsp3) is 0.273. The van der Waals surface area contributed by atoms with Gasteiger partial charge in [-0.25, -0.2) is 0 Å². The van der Waals surface area contributed by atoms with Crippen LogP contribution in [0.3, 0.4) is 0 Å². The largest absolute Gasteiger partial charge is 1.00 e. The van der Waals surface area contributed by atoms with Crippen molar-refractivity contribution in [3.05, 3.63) is 41.0 Å². The fourth-order valence-corrected chi connectivity index (χ4v) is 2.52. The second-order valence-corrected chi connectivity index (χ2v) is 4.46. The maximum Gasteiger partial charge on any atom is 1.00 e. The van der Waals surface area contributed by atoms with Crippen molar-refractivity contribution in [2.24, 2.45) is 0 Å². The molecule has 0 spiro atoms. The number of hydrogen-bond donors (Lipinski definition) is 0. The second-order valence-electron chi connectivity index (χ2n) is 3.26. The van der Waals surface area contributed by atoms with Gasteiger partial charge in [-0.15, -0.1) is 0 Å². The number of benzene rings is 1. The smallest absolute Gasteiger partial charge is 1.00 e. The van der Waals surface area contributed by atoms with Crippen molar-refractivity contribution in [2.45, 2.75) is 19.0 Å². The molecule has 2 rings (SSSR count). The van der Waals surface area contributed by atoms with Crippen molar-refractivity contribution in [3.8, 4) is 0 Å². The number of aryl methyl sites for hydroxylation is 1. The van der Waals surface area contributed by atoms with E-state index in [1.54, 1.807) is 0 Å². The van der Waals surface area contributed by atoms with Gasteiger partial charge in [-0.1, -0.05) is 42.5 Å². The molecule has 0 amide bonds. The van der Waals surface area contributed by atoms with Gasteiger partial charge in [0, 0.05) is 9.52 Å². The van der Waals surface area contributed by atoms with Crippen LogP contribution in [-0.4, -0.2) is 9.52 Å². The van der Waals surface area contributed by atoms with Crippen molar-refractivity contribution in [2.75, 3.05) is 0 Å². The normalized spacial score (nSPS) is 18.2. The Balaban J connectivity index is 0.000000845. The molecule has 0 saturated heterocycles. The first-order chi connectivity index (χ1) is 5.81. The Labute approximate surface area is 95.9 Å². The van der Waals surface area contributed by atoms with E-state index in [0.717, 1.165) is 9.52 Å². The molecular weight excluding hydrogens is 167 g/mol. The Morgan fingerprint density at radius 1 is 1.38 bits per heavy atom. The zero-order valence-electron chi connectivity index (χ0n) is 9.46. The Hall–Kier alpha value is -0.226. The number of rotatable bonds is 1. The van der Waals surface area contributed by atoms with Gasteiger partial charge in [0.2, 0.25) is 0 Å². The Morgan fingerprint density at radius 3 is 2.85 bits per heavy atom. The third-order valence-electron chi connectivity index (χ3n) is 2.36. The van der Waals surface area contributed by atoms with E-state index < -0.39 is 0 Å². The molecule has 0 aliphatic heterocycles. The predicted molar refractivity (Wildman–Crippen MR) is 55.7 cm³/mol. The molecular formula is C11H13LiSi. The standard InChI is InChI=1S/C11H12Si.Li.H/c1-8-3-4-9-5-6-11(12-2)10(9)7-8;;/h3-7,11H,1-2H3;;/q;+1;-1. The number of hydrogen-bond acceptors (Lipinski definition) is 0. The van der Waals surface area contributed by atoms with E-state index in [0.29, 0.717) is 5.54 Å². The van der Waals surface area contributed by atoms with Gasteiger partial charge in [0.25, 0.3) is 0 Å². The van der Waals surface area contributed by atoms with Crippen molar-refractivity contribution >= 4 is 15.6 Å². The topological polar surface area (TPSA) is 0 Å². The van der Waals surface area contributed by atoms with Crippen molar-refractivity contribution in [1.82, 2.24) is 0 Å². The minimum atomic E-state index is 0. The molecule has 0 fully saturated rings. The Bertz CT molecular complexity index is 336. The van der Waals surface area contributed by atoms with Crippen LogP contribution in [-0.2, 0) is 0 Å². The maximum atomic E-state index is 2.32. The molecule has 1 aliphatic carbocycles. The third-order valence-corrected chi connectivity index (χ3v) is 3.48. The molecule has 1 aromatic carbocycles. The van der Waals surface area contributed by atoms with Gasteiger partial charge < -0.3 is 1.43 Å². The molecule has 0 bridgehead atoms. The van der Waals surface area contributed by atoms with E-state index in [2.05, 4.69) is 43.8 Å². The minimum Gasteiger partial charge on any atom is -1.00 e. The monoisotopic (exact) mass is 180 g/mol. The first kappa shape index (κ1) is 10.9. The van der Waals surface area contributed by atoms with Gasteiger partial charge in [-0.3, -0.25) is 0 Å². The average Bonchev–Trinajstić information content (AvgIpc) is 2.46. The first-order valence-electron chi connectivity index (χ1n) is 4.27. The molecule has 2 radical (unpaired) electrons. The van der Waals surface area contributed by atoms with Crippen LogP contribution in [0.15, 0.2) is 24.3 Å². The molecule has 13 heavy (non-hydrogen) atoms. The Morgan fingerprint density at radius 2 is 2.15 bits per heavy atom. The maximum absolute atomic E-state index is 2.32. The Kier molecular flexibility index (Phi) is 3.61. The minimum absolute atomic E-state index is 0. The fourth-order valence-electron chi connectivity index (χ4n) is 1.67. The molecule has 1 aromatic rings. The molecule has 0 heterocycles. The summed E-state index contributed by atoms with van der Waals surface area (Å²) in [5, 5.41) is 0. The average molecular weight is 180 g/mol. The molecule has 1 unspecified atom stereocenters. The summed E-state index contributed by atoms with van der Waals surface area (Å²) in [6, 6.07) is 6.72. The van der Waals surface area contributed by atoms with Crippen LogP contribution in [0.2, 0.25) is 6.55 Å². The van der Waals surface area contributed by atoms with Gasteiger partial charge in [0.05, 0.1) is 0 Å². The van der Waals surface area contributed by atoms with Gasteiger partial charge in [-0.2, -0.15) is 0 Å². The molecule has 1 aliphatic rings. The van der Waals surface area contributed by atoms with Crippen LogP contribution < -0.4 is 18.9 Å². The van der Waals surface area contributed by atoms with E-state index in [1.165, 1.54) is 16.7 Å². The van der Waals surface area contributed by atoms with E-state index >= 15 is 0 Å². The molecule has 62 valence electrons. The summed E-state index contributed by atoms with van der Waals surface area (Å²) in [5.74, 6) is 0. The molecule has 0 aromatic heterocycles. The number of allylic oxidation sites excluding steroid dienone is 1. The van der Waals surface area contributed by atoms with Crippen molar-refractivity contribution < 1.29 is 20.3 Å². The molecule has 0 N–H and O–H groups in total. The van der Waals surface area contributed by atoms with E-state index in [4.69, 9.17) is 0 Å². The van der Waals surface area contributed by atoms with E-state index in [9.17, 15) is 0 Å². The van der Waals surface area contributed by atoms with Crippen molar-refractivity contribution in [3.63, 3.8) is 0 Å². The van der Waals surface area contributed by atoms with Crippen LogP contribution in [0.25, 0.3) is 6.08 Å². The molecule has 0 nitrogen and oxygen atoms in total. The summed E-state index contributed by atoms with van der Waals surface area (Å²) in [5.41, 5.74) is 5.01. The first-order valence-corrected chi connectivity index (χ1v) is 5.85. The summed E-state index contributed by atoms with van der Waals surface area (Å²) in [7, 11) is 0.988. The number of fused-ring (bicyclic) bond motifs is 1. The van der Waals surface area contributed by atoms with Gasteiger partial charge in [-0.05, 0) is 23.6 Å². The van der Waals surface area contributed by atoms with Crippen LogP contribution in [0.4, 0.5) is 0 Å². The molecule has 0 saturated carbocycles. The quantitative estimate of drug-likeness (QED) is 0.531. The van der Waals surface area contributed by atoms with Gasteiger partial charge in [0.15, 0.2) is 0 Å².